The molecule has 1 aromatic carbocycles. The minimum Gasteiger partial charge on any atom is -0.334 e. The number of thiophene rings is 1. The topological polar surface area (TPSA) is 42.1 Å². The summed E-state index contributed by atoms with van der Waals surface area (Å²) < 4.78 is 6.80. The molecule has 1 aromatic heterocycles. The lowest BCUT2D eigenvalue weighted by atomic mass is 10.1. The van der Waals surface area contributed by atoms with Crippen LogP contribution in [0.2, 0.25) is 0 Å². The standard InChI is InChI=1S/C14H13NO3S/c16-12-2-1-6-15(12)18-14-13(17-14)10-3-4-11-9(8-10)5-7-19-11/h3-5,7-8,13-14H,1-2,6H2. The van der Waals surface area contributed by atoms with Gasteiger partial charge in [-0.3, -0.25) is 4.79 Å². The van der Waals surface area contributed by atoms with Gasteiger partial charge in [0.1, 0.15) is 6.10 Å². The van der Waals surface area contributed by atoms with E-state index in [1.54, 1.807) is 11.3 Å². The van der Waals surface area contributed by atoms with E-state index in [1.807, 2.05) is 0 Å². The number of hydrogen-bond donors (Lipinski definition) is 0. The van der Waals surface area contributed by atoms with Crippen molar-refractivity contribution in [3.63, 3.8) is 0 Å². The monoisotopic (exact) mass is 275 g/mol. The van der Waals surface area contributed by atoms with Crippen molar-refractivity contribution in [2.24, 2.45) is 0 Å². The lowest BCUT2D eigenvalue weighted by molar-refractivity contribution is -0.195. The van der Waals surface area contributed by atoms with E-state index in [0.717, 1.165) is 12.0 Å². The van der Waals surface area contributed by atoms with Crippen LogP contribution >= 0.6 is 11.3 Å². The highest BCUT2D eigenvalue weighted by molar-refractivity contribution is 7.17. The molecule has 1 amide bonds. The Morgan fingerprint density at radius 1 is 1.37 bits per heavy atom. The van der Waals surface area contributed by atoms with Crippen molar-refractivity contribution in [1.82, 2.24) is 5.06 Å². The van der Waals surface area contributed by atoms with Crippen LogP contribution in [-0.2, 0) is 14.4 Å². The molecule has 0 spiro atoms. The summed E-state index contributed by atoms with van der Waals surface area (Å²) in [7, 11) is 0. The highest BCUT2D eigenvalue weighted by Crippen LogP contribution is 2.41. The van der Waals surface area contributed by atoms with Crippen LogP contribution in [0.4, 0.5) is 0 Å². The Morgan fingerprint density at radius 3 is 3.16 bits per heavy atom. The van der Waals surface area contributed by atoms with Crippen LogP contribution in [0.15, 0.2) is 29.6 Å². The second-order valence-electron chi connectivity index (χ2n) is 4.85. The predicted octanol–water partition coefficient (Wildman–Crippen LogP) is 2.85. The Kier molecular flexibility index (Phi) is 2.58. The second-order valence-corrected chi connectivity index (χ2v) is 5.80. The van der Waals surface area contributed by atoms with Crippen molar-refractivity contribution in [3.05, 3.63) is 35.2 Å². The number of carbonyl (C=O) groups excluding carboxylic acids is 1. The molecule has 2 atom stereocenters. The number of epoxide rings is 1. The summed E-state index contributed by atoms with van der Waals surface area (Å²) in [5.41, 5.74) is 1.11. The maximum atomic E-state index is 11.5. The van der Waals surface area contributed by atoms with Gasteiger partial charge in [-0.2, -0.15) is 0 Å². The minimum atomic E-state index is -0.307. The van der Waals surface area contributed by atoms with Crippen LogP contribution in [-0.4, -0.2) is 23.8 Å². The van der Waals surface area contributed by atoms with Crippen molar-refractivity contribution < 1.29 is 14.4 Å². The number of ether oxygens (including phenoxy) is 1. The molecule has 2 saturated heterocycles. The molecule has 2 unspecified atom stereocenters. The third-order valence-corrected chi connectivity index (χ3v) is 4.42. The summed E-state index contributed by atoms with van der Waals surface area (Å²) >= 11 is 1.73. The first-order chi connectivity index (χ1) is 9.31. The van der Waals surface area contributed by atoms with E-state index in [9.17, 15) is 4.79 Å². The van der Waals surface area contributed by atoms with Gasteiger partial charge in [0.05, 0.1) is 0 Å². The van der Waals surface area contributed by atoms with Gasteiger partial charge < -0.3 is 4.74 Å². The van der Waals surface area contributed by atoms with Crippen molar-refractivity contribution in [2.45, 2.75) is 25.2 Å². The quantitative estimate of drug-likeness (QED) is 0.809. The van der Waals surface area contributed by atoms with Crippen LogP contribution in [0.5, 0.6) is 0 Å². The van der Waals surface area contributed by atoms with Gasteiger partial charge in [-0.15, -0.1) is 11.3 Å². The molecule has 4 rings (SSSR count). The maximum absolute atomic E-state index is 11.5. The molecule has 19 heavy (non-hydrogen) atoms. The van der Waals surface area contributed by atoms with Gasteiger partial charge in [0, 0.05) is 17.7 Å². The summed E-state index contributed by atoms with van der Waals surface area (Å²) in [6.07, 6.45) is 1.10. The predicted molar refractivity (Wildman–Crippen MR) is 71.5 cm³/mol. The van der Waals surface area contributed by atoms with Gasteiger partial charge in [-0.05, 0) is 40.9 Å². The SMILES string of the molecule is O=C1CCCN1OC1OC1c1ccc2sccc2c1. The molecule has 2 aliphatic rings. The van der Waals surface area contributed by atoms with E-state index < -0.39 is 0 Å². The molecule has 2 aromatic rings. The molecule has 0 aliphatic carbocycles. The molecule has 0 radical (unpaired) electrons. The highest BCUT2D eigenvalue weighted by Gasteiger charge is 2.44. The largest absolute Gasteiger partial charge is 0.334 e. The number of amides is 1. The fourth-order valence-corrected chi connectivity index (χ4v) is 3.21. The average Bonchev–Trinajstić information content (AvgIpc) is 2.81. The summed E-state index contributed by atoms with van der Waals surface area (Å²) in [6.45, 7) is 0.676. The number of hydroxylamine groups is 2. The van der Waals surface area contributed by atoms with E-state index in [4.69, 9.17) is 9.57 Å². The van der Waals surface area contributed by atoms with E-state index in [2.05, 4.69) is 29.6 Å². The van der Waals surface area contributed by atoms with Gasteiger partial charge in [0.15, 0.2) is 0 Å². The van der Waals surface area contributed by atoms with Crippen molar-refractivity contribution in [2.75, 3.05) is 6.54 Å². The Hall–Kier alpha value is -1.43. The van der Waals surface area contributed by atoms with E-state index in [0.29, 0.717) is 13.0 Å². The van der Waals surface area contributed by atoms with Crippen LogP contribution in [0.3, 0.4) is 0 Å². The third kappa shape index (κ3) is 2.04. The van der Waals surface area contributed by atoms with Gasteiger partial charge >= 0.3 is 0 Å². The van der Waals surface area contributed by atoms with Crippen LogP contribution < -0.4 is 0 Å². The number of benzene rings is 1. The Morgan fingerprint density at radius 2 is 2.32 bits per heavy atom. The van der Waals surface area contributed by atoms with Gasteiger partial charge in [-0.1, -0.05) is 6.07 Å². The van der Waals surface area contributed by atoms with Crippen LogP contribution in [0.1, 0.15) is 24.5 Å². The summed E-state index contributed by atoms with van der Waals surface area (Å²) in [5.74, 6) is 0.0579. The zero-order valence-electron chi connectivity index (χ0n) is 10.2. The highest BCUT2D eigenvalue weighted by atomic mass is 32.1. The first-order valence-corrected chi connectivity index (χ1v) is 7.29. The summed E-state index contributed by atoms with van der Waals surface area (Å²) in [4.78, 5) is 17.0. The van der Waals surface area contributed by atoms with Crippen molar-refractivity contribution in [1.29, 1.82) is 0 Å². The summed E-state index contributed by atoms with van der Waals surface area (Å²) in [6, 6.07) is 8.41. The van der Waals surface area contributed by atoms with Crippen molar-refractivity contribution in [3.8, 4) is 0 Å². The Balaban J connectivity index is 1.47. The number of rotatable bonds is 3. The molecular weight excluding hydrogens is 262 g/mol. The third-order valence-electron chi connectivity index (χ3n) is 3.52. The zero-order chi connectivity index (χ0) is 12.8. The minimum absolute atomic E-state index is 0.0438. The maximum Gasteiger partial charge on any atom is 0.246 e. The van der Waals surface area contributed by atoms with E-state index >= 15 is 0 Å². The number of nitrogens with zero attached hydrogens (tertiary/aromatic N) is 1. The number of fused-ring (bicyclic) bond motifs is 1. The van der Waals surface area contributed by atoms with Crippen LogP contribution in [0.25, 0.3) is 10.1 Å². The molecule has 5 heteroatoms. The molecule has 3 heterocycles. The van der Waals surface area contributed by atoms with Crippen molar-refractivity contribution >= 4 is 27.3 Å². The average molecular weight is 275 g/mol. The summed E-state index contributed by atoms with van der Waals surface area (Å²) in [5, 5.41) is 4.75. The normalized spacial score (nSPS) is 26.3. The second kappa shape index (κ2) is 4.30. The Labute approximate surface area is 114 Å². The van der Waals surface area contributed by atoms with Gasteiger partial charge in [0.2, 0.25) is 12.2 Å². The lowest BCUT2D eigenvalue weighted by Gasteiger charge is -2.12. The molecule has 2 aliphatic heterocycles. The van der Waals surface area contributed by atoms with E-state index in [-0.39, 0.29) is 18.3 Å². The lowest BCUT2D eigenvalue weighted by Crippen LogP contribution is -2.26. The van der Waals surface area contributed by atoms with Gasteiger partial charge in [0.25, 0.3) is 0 Å². The molecule has 0 bridgehead atoms. The zero-order valence-corrected chi connectivity index (χ0v) is 11.1. The molecule has 2 fully saturated rings. The van der Waals surface area contributed by atoms with Gasteiger partial charge in [-0.25, -0.2) is 9.90 Å². The fourth-order valence-electron chi connectivity index (χ4n) is 2.44. The van der Waals surface area contributed by atoms with E-state index in [1.165, 1.54) is 15.1 Å². The molecule has 4 nitrogen and oxygen atoms in total. The number of hydrogen-bond acceptors (Lipinski definition) is 4. The Bertz CT molecular complexity index is 638. The molecular formula is C14H13NO3S. The molecule has 98 valence electrons. The fraction of sp³-hybridized carbons (Fsp3) is 0.357. The molecule has 0 N–H and O–H groups in total. The first kappa shape index (κ1) is 11.4. The van der Waals surface area contributed by atoms with Crippen LogP contribution in [0, 0.1) is 0 Å². The number of carbonyl (C=O) groups is 1. The smallest absolute Gasteiger partial charge is 0.246 e. The molecule has 0 saturated carbocycles. The first-order valence-electron chi connectivity index (χ1n) is 6.41.